The Bertz CT molecular complexity index is 497. The molecule has 0 aromatic heterocycles. The first kappa shape index (κ1) is 10.9. The fourth-order valence-electron chi connectivity index (χ4n) is 1.19. The molecule has 0 saturated heterocycles. The second-order valence-corrected chi connectivity index (χ2v) is 3.57. The molecule has 1 nitrogen and oxygen atoms in total. The van der Waals surface area contributed by atoms with Crippen LogP contribution in [-0.2, 0) is 0 Å². The van der Waals surface area contributed by atoms with Gasteiger partial charge < -0.3 is 4.74 Å². The molecule has 0 aliphatic heterocycles. The first-order valence-electron chi connectivity index (χ1n) is 4.53. The van der Waals surface area contributed by atoms with E-state index in [9.17, 15) is 8.78 Å². The maximum atomic E-state index is 13.2. The standard InChI is InChI=1S/C12H7ClF2O/c13-8-1-4-10(5-2-8)16-12-7-9(14)3-6-11(12)15/h1-7H. The Kier molecular flexibility index (Phi) is 3.06. The summed E-state index contributed by atoms with van der Waals surface area (Å²) in [6, 6.07) is 9.40. The van der Waals surface area contributed by atoms with E-state index in [1.807, 2.05) is 0 Å². The predicted octanol–water partition coefficient (Wildman–Crippen LogP) is 4.41. The van der Waals surface area contributed by atoms with E-state index in [2.05, 4.69) is 0 Å². The van der Waals surface area contributed by atoms with E-state index >= 15 is 0 Å². The largest absolute Gasteiger partial charge is 0.454 e. The highest BCUT2D eigenvalue weighted by molar-refractivity contribution is 6.30. The van der Waals surface area contributed by atoms with E-state index in [1.165, 1.54) is 0 Å². The highest BCUT2D eigenvalue weighted by Crippen LogP contribution is 2.26. The minimum Gasteiger partial charge on any atom is -0.454 e. The molecule has 82 valence electrons. The third-order valence-electron chi connectivity index (χ3n) is 1.93. The molecule has 4 heteroatoms. The van der Waals surface area contributed by atoms with Crippen molar-refractivity contribution in [3.8, 4) is 11.5 Å². The van der Waals surface area contributed by atoms with Gasteiger partial charge >= 0.3 is 0 Å². The Morgan fingerprint density at radius 1 is 0.938 bits per heavy atom. The number of benzene rings is 2. The maximum Gasteiger partial charge on any atom is 0.165 e. The zero-order valence-corrected chi connectivity index (χ0v) is 8.84. The molecule has 0 radical (unpaired) electrons. The van der Waals surface area contributed by atoms with Gasteiger partial charge in [-0.2, -0.15) is 0 Å². The quantitative estimate of drug-likeness (QED) is 0.756. The van der Waals surface area contributed by atoms with Gasteiger partial charge in [-0.05, 0) is 36.4 Å². The van der Waals surface area contributed by atoms with Crippen molar-refractivity contribution in [3.63, 3.8) is 0 Å². The van der Waals surface area contributed by atoms with Crippen LogP contribution in [0.15, 0.2) is 42.5 Å². The summed E-state index contributed by atoms with van der Waals surface area (Å²) >= 11 is 5.68. The van der Waals surface area contributed by atoms with Crippen LogP contribution in [0.25, 0.3) is 0 Å². The summed E-state index contributed by atoms with van der Waals surface area (Å²) in [5.74, 6) is -0.919. The van der Waals surface area contributed by atoms with E-state index in [4.69, 9.17) is 16.3 Å². The van der Waals surface area contributed by atoms with Crippen LogP contribution in [0, 0.1) is 11.6 Å². The Hall–Kier alpha value is -1.61. The van der Waals surface area contributed by atoms with Crippen LogP contribution in [0.4, 0.5) is 8.78 Å². The summed E-state index contributed by atoms with van der Waals surface area (Å²) in [5, 5.41) is 0.548. The summed E-state index contributed by atoms with van der Waals surface area (Å²) < 4.78 is 31.2. The Morgan fingerprint density at radius 3 is 2.31 bits per heavy atom. The van der Waals surface area contributed by atoms with Crippen molar-refractivity contribution in [3.05, 3.63) is 59.1 Å². The lowest BCUT2D eigenvalue weighted by molar-refractivity contribution is 0.436. The minimum absolute atomic E-state index is 0.151. The van der Waals surface area contributed by atoms with Crippen molar-refractivity contribution in [2.45, 2.75) is 0 Å². The summed E-state index contributed by atoms with van der Waals surface area (Å²) in [5.41, 5.74) is 0. The first-order valence-corrected chi connectivity index (χ1v) is 4.91. The predicted molar refractivity (Wildman–Crippen MR) is 57.9 cm³/mol. The molecule has 2 aromatic rings. The Morgan fingerprint density at radius 2 is 1.62 bits per heavy atom. The summed E-state index contributed by atoms with van der Waals surface area (Å²) in [6.45, 7) is 0. The van der Waals surface area contributed by atoms with E-state index in [0.29, 0.717) is 10.8 Å². The molecule has 0 spiro atoms. The van der Waals surface area contributed by atoms with E-state index in [1.54, 1.807) is 24.3 Å². The maximum absolute atomic E-state index is 13.2. The van der Waals surface area contributed by atoms with Crippen molar-refractivity contribution in [1.29, 1.82) is 0 Å². The zero-order valence-electron chi connectivity index (χ0n) is 8.08. The fourth-order valence-corrected chi connectivity index (χ4v) is 1.31. The first-order chi connectivity index (χ1) is 7.65. The Balaban J connectivity index is 2.26. The molecule has 0 saturated carbocycles. The van der Waals surface area contributed by atoms with Gasteiger partial charge in [0.05, 0.1) is 0 Å². The number of rotatable bonds is 2. The van der Waals surface area contributed by atoms with E-state index in [0.717, 1.165) is 18.2 Å². The third kappa shape index (κ3) is 2.49. The molecule has 0 amide bonds. The molecule has 2 rings (SSSR count). The number of halogens is 3. The normalized spacial score (nSPS) is 10.2. The lowest BCUT2D eigenvalue weighted by Crippen LogP contribution is -1.89. The van der Waals surface area contributed by atoms with Crippen molar-refractivity contribution in [2.24, 2.45) is 0 Å². The molecule has 16 heavy (non-hydrogen) atoms. The zero-order chi connectivity index (χ0) is 11.5. The second kappa shape index (κ2) is 4.49. The molecule has 0 unspecified atom stereocenters. The topological polar surface area (TPSA) is 9.23 Å². The van der Waals surface area contributed by atoms with Crippen molar-refractivity contribution < 1.29 is 13.5 Å². The molecule has 0 aliphatic rings. The highest BCUT2D eigenvalue weighted by Gasteiger charge is 2.06. The van der Waals surface area contributed by atoms with Gasteiger partial charge in [0.15, 0.2) is 11.6 Å². The number of hydrogen-bond donors (Lipinski definition) is 0. The third-order valence-corrected chi connectivity index (χ3v) is 2.19. The van der Waals surface area contributed by atoms with Crippen LogP contribution in [0.2, 0.25) is 5.02 Å². The summed E-state index contributed by atoms with van der Waals surface area (Å²) in [4.78, 5) is 0. The summed E-state index contributed by atoms with van der Waals surface area (Å²) in [6.07, 6.45) is 0. The van der Waals surface area contributed by atoms with Gasteiger partial charge in [0.2, 0.25) is 0 Å². The van der Waals surface area contributed by atoms with Gasteiger partial charge in [-0.1, -0.05) is 11.6 Å². The van der Waals surface area contributed by atoms with Crippen LogP contribution in [-0.4, -0.2) is 0 Å². The lowest BCUT2D eigenvalue weighted by Gasteiger charge is -2.06. The van der Waals surface area contributed by atoms with Crippen molar-refractivity contribution in [1.82, 2.24) is 0 Å². The summed E-state index contributed by atoms with van der Waals surface area (Å²) in [7, 11) is 0. The van der Waals surface area contributed by atoms with Crippen LogP contribution < -0.4 is 4.74 Å². The SMILES string of the molecule is Fc1ccc(F)c(Oc2ccc(Cl)cc2)c1. The average Bonchev–Trinajstić information content (AvgIpc) is 2.27. The average molecular weight is 241 g/mol. The molecule has 0 N–H and O–H groups in total. The molecule has 0 atom stereocenters. The van der Waals surface area contributed by atoms with Gasteiger partial charge in [-0.3, -0.25) is 0 Å². The van der Waals surface area contributed by atoms with Gasteiger partial charge in [-0.15, -0.1) is 0 Å². The van der Waals surface area contributed by atoms with Gasteiger partial charge in [0, 0.05) is 11.1 Å². The lowest BCUT2D eigenvalue weighted by atomic mass is 10.3. The fraction of sp³-hybridized carbons (Fsp3) is 0. The second-order valence-electron chi connectivity index (χ2n) is 3.13. The Labute approximate surface area is 96.2 Å². The van der Waals surface area contributed by atoms with Crippen molar-refractivity contribution in [2.75, 3.05) is 0 Å². The van der Waals surface area contributed by atoms with E-state index in [-0.39, 0.29) is 5.75 Å². The molecular weight excluding hydrogens is 234 g/mol. The minimum atomic E-state index is -0.614. The van der Waals surface area contributed by atoms with E-state index < -0.39 is 11.6 Å². The smallest absolute Gasteiger partial charge is 0.165 e. The number of hydrogen-bond acceptors (Lipinski definition) is 1. The molecular formula is C12H7ClF2O. The van der Waals surface area contributed by atoms with Crippen LogP contribution in [0.3, 0.4) is 0 Å². The van der Waals surface area contributed by atoms with Gasteiger partial charge in [-0.25, -0.2) is 8.78 Å². The van der Waals surface area contributed by atoms with Crippen molar-refractivity contribution >= 4 is 11.6 Å². The molecule has 0 heterocycles. The molecule has 0 fully saturated rings. The van der Waals surface area contributed by atoms with Gasteiger partial charge in [0.25, 0.3) is 0 Å². The number of ether oxygens (including phenoxy) is 1. The molecule has 0 bridgehead atoms. The van der Waals surface area contributed by atoms with Gasteiger partial charge in [0.1, 0.15) is 11.6 Å². The molecule has 0 aliphatic carbocycles. The van der Waals surface area contributed by atoms with Crippen LogP contribution in [0.5, 0.6) is 11.5 Å². The monoisotopic (exact) mass is 240 g/mol. The van der Waals surface area contributed by atoms with Crippen LogP contribution in [0.1, 0.15) is 0 Å². The van der Waals surface area contributed by atoms with Crippen LogP contribution >= 0.6 is 11.6 Å². The highest BCUT2D eigenvalue weighted by atomic mass is 35.5. The molecule has 2 aromatic carbocycles.